The molecule has 2 fully saturated rings. The van der Waals surface area contributed by atoms with Gasteiger partial charge in [0.2, 0.25) is 0 Å². The highest BCUT2D eigenvalue weighted by Crippen LogP contribution is 2.07. The lowest BCUT2D eigenvalue weighted by molar-refractivity contribution is -0.141. The average molecular weight is 290 g/mol. The van der Waals surface area contributed by atoms with E-state index in [4.69, 9.17) is 20.4 Å². The summed E-state index contributed by atoms with van der Waals surface area (Å²) < 4.78 is 0. The Labute approximate surface area is 116 Å². The standard InChI is InChI=1S/2C6H11NO3/c2*8-4-1-2-5(6(9)10)7-3-4/h2*4-5,7-8H,1-3H2,(H,9,10)/t2*4-,5-/m00/s1. The van der Waals surface area contributed by atoms with Crippen molar-refractivity contribution in [2.75, 3.05) is 13.1 Å². The van der Waals surface area contributed by atoms with Crippen molar-refractivity contribution in [2.45, 2.75) is 50.0 Å². The molecule has 2 heterocycles. The van der Waals surface area contributed by atoms with Gasteiger partial charge in [-0.15, -0.1) is 0 Å². The summed E-state index contributed by atoms with van der Waals surface area (Å²) in [4.78, 5) is 20.6. The first kappa shape index (κ1) is 16.8. The van der Waals surface area contributed by atoms with Crippen molar-refractivity contribution < 1.29 is 30.0 Å². The van der Waals surface area contributed by atoms with Gasteiger partial charge in [-0.1, -0.05) is 0 Å². The van der Waals surface area contributed by atoms with Gasteiger partial charge in [-0.25, -0.2) is 0 Å². The fraction of sp³-hybridized carbons (Fsp3) is 0.833. The molecule has 0 unspecified atom stereocenters. The van der Waals surface area contributed by atoms with Crippen molar-refractivity contribution in [1.82, 2.24) is 10.6 Å². The molecule has 0 saturated carbocycles. The molecule has 0 amide bonds. The predicted octanol–water partition coefficient (Wildman–Crippen LogP) is -1.63. The van der Waals surface area contributed by atoms with Crippen molar-refractivity contribution in [3.8, 4) is 0 Å². The Morgan fingerprint density at radius 1 is 0.750 bits per heavy atom. The lowest BCUT2D eigenvalue weighted by atomic mass is 10.0. The summed E-state index contributed by atoms with van der Waals surface area (Å²) in [5.41, 5.74) is 0. The molecule has 0 radical (unpaired) electrons. The third-order valence-electron chi connectivity index (χ3n) is 3.37. The first-order chi connectivity index (χ1) is 9.40. The molecule has 20 heavy (non-hydrogen) atoms. The molecular weight excluding hydrogens is 268 g/mol. The number of piperidine rings is 2. The van der Waals surface area contributed by atoms with Gasteiger partial charge < -0.3 is 31.1 Å². The van der Waals surface area contributed by atoms with E-state index in [0.717, 1.165) is 0 Å². The summed E-state index contributed by atoms with van der Waals surface area (Å²) in [6.07, 6.45) is 1.49. The number of hydrogen-bond donors (Lipinski definition) is 6. The van der Waals surface area contributed by atoms with Crippen LogP contribution in [0.2, 0.25) is 0 Å². The second-order valence-electron chi connectivity index (χ2n) is 5.06. The molecule has 2 aliphatic rings. The van der Waals surface area contributed by atoms with Crippen LogP contribution in [0.15, 0.2) is 0 Å². The lowest BCUT2D eigenvalue weighted by Gasteiger charge is -2.23. The number of β-amino-alcohol motifs (C(OH)–C–C–N with tert-alkyl or cyclic N) is 2. The van der Waals surface area contributed by atoms with Crippen LogP contribution in [0.5, 0.6) is 0 Å². The summed E-state index contributed by atoms with van der Waals surface area (Å²) >= 11 is 0. The van der Waals surface area contributed by atoms with Gasteiger partial charge in [-0.3, -0.25) is 9.59 Å². The number of aliphatic hydroxyl groups excluding tert-OH is 2. The van der Waals surface area contributed by atoms with E-state index < -0.39 is 24.0 Å². The largest absolute Gasteiger partial charge is 0.480 e. The molecule has 0 aromatic heterocycles. The van der Waals surface area contributed by atoms with E-state index in [2.05, 4.69) is 10.6 Å². The van der Waals surface area contributed by atoms with Gasteiger partial charge in [0, 0.05) is 13.1 Å². The SMILES string of the molecule is O=C(O)[C@@H]1CC[C@H](O)CN1.O=C(O)[C@@H]1CC[C@H](O)CN1. The number of nitrogens with one attached hydrogen (secondary N) is 2. The maximum Gasteiger partial charge on any atom is 0.320 e. The number of aliphatic hydroxyl groups is 2. The quantitative estimate of drug-likeness (QED) is 0.356. The van der Waals surface area contributed by atoms with Crippen molar-refractivity contribution in [3.63, 3.8) is 0 Å². The number of carbonyl (C=O) groups is 2. The van der Waals surface area contributed by atoms with Crippen molar-refractivity contribution in [2.24, 2.45) is 0 Å². The maximum absolute atomic E-state index is 10.3. The number of carboxylic acid groups (broad SMARTS) is 2. The van der Waals surface area contributed by atoms with Gasteiger partial charge in [-0.2, -0.15) is 0 Å². The molecule has 2 saturated heterocycles. The fourth-order valence-electron chi connectivity index (χ4n) is 2.10. The van der Waals surface area contributed by atoms with Crippen LogP contribution in [0.4, 0.5) is 0 Å². The summed E-state index contributed by atoms with van der Waals surface area (Å²) in [6, 6.07) is -0.910. The third kappa shape index (κ3) is 5.83. The smallest absolute Gasteiger partial charge is 0.320 e. The topological polar surface area (TPSA) is 139 Å². The Hall–Kier alpha value is -1.22. The monoisotopic (exact) mass is 290 g/mol. The van der Waals surface area contributed by atoms with Crippen molar-refractivity contribution >= 4 is 11.9 Å². The van der Waals surface area contributed by atoms with Gasteiger partial charge in [0.25, 0.3) is 0 Å². The molecule has 0 spiro atoms. The van der Waals surface area contributed by atoms with Crippen LogP contribution in [0.25, 0.3) is 0 Å². The summed E-state index contributed by atoms with van der Waals surface area (Å²) in [6.45, 7) is 0.800. The van der Waals surface area contributed by atoms with Crippen LogP contribution in [0.3, 0.4) is 0 Å². The first-order valence-electron chi connectivity index (χ1n) is 6.68. The molecule has 116 valence electrons. The molecule has 2 rings (SSSR count). The van der Waals surface area contributed by atoms with Crippen LogP contribution in [-0.4, -0.2) is 69.7 Å². The zero-order chi connectivity index (χ0) is 15.1. The number of aliphatic carboxylic acids is 2. The van der Waals surface area contributed by atoms with Crippen LogP contribution in [0.1, 0.15) is 25.7 Å². The third-order valence-corrected chi connectivity index (χ3v) is 3.37. The van der Waals surface area contributed by atoms with E-state index >= 15 is 0 Å². The van der Waals surface area contributed by atoms with Crippen LogP contribution >= 0.6 is 0 Å². The van der Waals surface area contributed by atoms with E-state index in [1.54, 1.807) is 0 Å². The van der Waals surface area contributed by atoms with Gasteiger partial charge in [0.15, 0.2) is 0 Å². The summed E-state index contributed by atoms with van der Waals surface area (Å²) in [7, 11) is 0. The van der Waals surface area contributed by atoms with E-state index in [0.29, 0.717) is 38.8 Å². The first-order valence-corrected chi connectivity index (χ1v) is 6.68. The molecule has 0 aromatic carbocycles. The highest BCUT2D eigenvalue weighted by atomic mass is 16.4. The summed E-state index contributed by atoms with van der Waals surface area (Å²) in [5, 5.41) is 40.3. The Bertz CT molecular complexity index is 290. The molecule has 0 aromatic rings. The normalized spacial score (nSPS) is 33.7. The van der Waals surface area contributed by atoms with Gasteiger partial charge in [-0.05, 0) is 25.7 Å². The minimum absolute atomic E-state index is 0.365. The molecule has 4 atom stereocenters. The van der Waals surface area contributed by atoms with Crippen LogP contribution in [-0.2, 0) is 9.59 Å². The molecule has 6 N–H and O–H groups in total. The number of carboxylic acids is 2. The molecule has 2 aliphatic heterocycles. The van der Waals surface area contributed by atoms with Gasteiger partial charge >= 0.3 is 11.9 Å². The molecular formula is C12H22N2O6. The minimum Gasteiger partial charge on any atom is -0.480 e. The van der Waals surface area contributed by atoms with Gasteiger partial charge in [0.05, 0.1) is 12.2 Å². The number of rotatable bonds is 2. The zero-order valence-corrected chi connectivity index (χ0v) is 11.2. The van der Waals surface area contributed by atoms with Crippen LogP contribution in [0, 0.1) is 0 Å². The second kappa shape index (κ2) is 8.15. The van der Waals surface area contributed by atoms with Gasteiger partial charge in [0.1, 0.15) is 12.1 Å². The predicted molar refractivity (Wildman–Crippen MR) is 69.3 cm³/mol. The highest BCUT2D eigenvalue weighted by molar-refractivity contribution is 5.73. The Morgan fingerprint density at radius 3 is 1.30 bits per heavy atom. The average Bonchev–Trinajstić information content (AvgIpc) is 2.40. The molecule has 0 aliphatic carbocycles. The Balaban J connectivity index is 0.000000200. The Morgan fingerprint density at radius 2 is 1.10 bits per heavy atom. The maximum atomic E-state index is 10.3. The number of hydrogen-bond acceptors (Lipinski definition) is 6. The molecule has 0 bridgehead atoms. The van der Waals surface area contributed by atoms with E-state index in [9.17, 15) is 9.59 Å². The van der Waals surface area contributed by atoms with E-state index in [1.165, 1.54) is 0 Å². The molecule has 8 heteroatoms. The van der Waals surface area contributed by atoms with Crippen LogP contribution < -0.4 is 10.6 Å². The summed E-state index contributed by atoms with van der Waals surface area (Å²) in [5.74, 6) is -1.65. The fourth-order valence-corrected chi connectivity index (χ4v) is 2.10. The van der Waals surface area contributed by atoms with E-state index in [-0.39, 0.29) is 12.2 Å². The zero-order valence-electron chi connectivity index (χ0n) is 11.2. The second-order valence-corrected chi connectivity index (χ2v) is 5.06. The highest BCUT2D eigenvalue weighted by Gasteiger charge is 2.24. The minimum atomic E-state index is -0.827. The Kier molecular flexibility index (Phi) is 6.86. The van der Waals surface area contributed by atoms with Crippen molar-refractivity contribution in [3.05, 3.63) is 0 Å². The molecule has 8 nitrogen and oxygen atoms in total. The van der Waals surface area contributed by atoms with E-state index in [1.807, 2.05) is 0 Å². The van der Waals surface area contributed by atoms with Crippen molar-refractivity contribution in [1.29, 1.82) is 0 Å². The lowest BCUT2D eigenvalue weighted by Crippen LogP contribution is -2.45.